The topological polar surface area (TPSA) is 128 Å². The summed E-state index contributed by atoms with van der Waals surface area (Å²) in [5.74, 6) is 2.41. The molecule has 1 aliphatic rings. The molecule has 2 aromatic heterocycles. The van der Waals surface area contributed by atoms with Gasteiger partial charge in [-0.3, -0.25) is 9.59 Å². The normalized spacial score (nSPS) is 16.5. The maximum absolute atomic E-state index is 12.5. The van der Waals surface area contributed by atoms with Crippen LogP contribution >= 0.6 is 0 Å². The zero-order valence-corrected chi connectivity index (χ0v) is 24.5. The number of carbonyl (C=O) groups is 2. The third kappa shape index (κ3) is 8.34. The van der Waals surface area contributed by atoms with Gasteiger partial charge < -0.3 is 20.1 Å². The van der Waals surface area contributed by atoms with Gasteiger partial charge in [0.15, 0.2) is 11.6 Å². The van der Waals surface area contributed by atoms with E-state index < -0.39 is 0 Å². The molecule has 1 fully saturated rings. The molecule has 222 valence electrons. The third-order valence-electron chi connectivity index (χ3n) is 7.66. The van der Waals surface area contributed by atoms with Crippen molar-refractivity contribution in [2.24, 2.45) is 0 Å². The maximum Gasteiger partial charge on any atom is 0.229 e. The predicted octanol–water partition coefficient (Wildman–Crippen LogP) is 5.48. The number of hydrogen-bond acceptors (Lipinski definition) is 8. The SMILES string of the molecule is COc1cccc(CC(=O)Nc2ccc(C3CCCCC(c4ccc(NC(=O)Cc5cccc(OC)c5)nn4)C3)nn2)c1. The van der Waals surface area contributed by atoms with Gasteiger partial charge in [-0.1, -0.05) is 37.1 Å². The molecule has 0 spiro atoms. The second-order valence-electron chi connectivity index (χ2n) is 10.8. The zero-order chi connectivity index (χ0) is 30.0. The Balaban J connectivity index is 1.16. The van der Waals surface area contributed by atoms with E-state index in [2.05, 4.69) is 31.0 Å². The van der Waals surface area contributed by atoms with Crippen LogP contribution in [-0.2, 0) is 22.4 Å². The van der Waals surface area contributed by atoms with Crippen molar-refractivity contribution >= 4 is 23.5 Å². The highest BCUT2D eigenvalue weighted by molar-refractivity contribution is 5.91. The number of carbonyl (C=O) groups excluding carboxylic acids is 2. The number of amides is 2. The Morgan fingerprint density at radius 1 is 0.674 bits per heavy atom. The van der Waals surface area contributed by atoms with E-state index in [4.69, 9.17) is 9.47 Å². The first kappa shape index (κ1) is 29.6. The molecular formula is C33H36N6O4. The molecule has 2 heterocycles. The number of ether oxygens (including phenoxy) is 2. The van der Waals surface area contributed by atoms with Gasteiger partial charge in [0.1, 0.15) is 11.5 Å². The molecule has 2 aromatic carbocycles. The van der Waals surface area contributed by atoms with Gasteiger partial charge in [-0.05, 0) is 78.9 Å². The van der Waals surface area contributed by atoms with Gasteiger partial charge in [-0.25, -0.2) is 0 Å². The average Bonchev–Trinajstić information content (AvgIpc) is 3.28. The van der Waals surface area contributed by atoms with Gasteiger partial charge >= 0.3 is 0 Å². The number of aromatic nitrogens is 4. The standard InChI is InChI=1S/C33H36N6O4/c1-42-26-11-5-7-22(17-26)19-32(40)34-30-15-13-28(36-38-30)24-9-3-4-10-25(21-24)29-14-16-31(39-37-29)35-33(41)20-23-8-6-12-27(18-23)43-2/h5-8,11-18,24-25H,3-4,9-10,19-21H2,1-2H3,(H,34,38,40)(H,35,39,41). The van der Waals surface area contributed by atoms with Gasteiger partial charge in [0.05, 0.1) is 38.4 Å². The Labute approximate surface area is 251 Å². The first-order valence-electron chi connectivity index (χ1n) is 14.5. The van der Waals surface area contributed by atoms with Crippen LogP contribution in [0, 0.1) is 0 Å². The van der Waals surface area contributed by atoms with Crippen molar-refractivity contribution in [3.63, 3.8) is 0 Å². The van der Waals surface area contributed by atoms with Crippen molar-refractivity contribution in [2.75, 3.05) is 24.9 Å². The minimum atomic E-state index is -0.164. The van der Waals surface area contributed by atoms with Gasteiger partial charge in [-0.2, -0.15) is 10.2 Å². The van der Waals surface area contributed by atoms with E-state index in [1.165, 1.54) is 0 Å². The lowest BCUT2D eigenvalue weighted by Gasteiger charge is -2.19. The summed E-state index contributed by atoms with van der Waals surface area (Å²) in [4.78, 5) is 25.1. The molecule has 0 bridgehead atoms. The van der Waals surface area contributed by atoms with Gasteiger partial charge in [0.2, 0.25) is 11.8 Å². The second-order valence-corrected chi connectivity index (χ2v) is 10.8. The lowest BCUT2D eigenvalue weighted by atomic mass is 9.88. The molecule has 5 rings (SSSR count). The number of hydrogen-bond donors (Lipinski definition) is 2. The summed E-state index contributed by atoms with van der Waals surface area (Å²) in [5, 5.41) is 23.2. The van der Waals surface area contributed by atoms with Crippen LogP contribution in [0.25, 0.3) is 0 Å². The van der Waals surface area contributed by atoms with Crippen LogP contribution in [0.4, 0.5) is 11.6 Å². The number of nitrogens with zero attached hydrogens (tertiary/aromatic N) is 4. The quantitative estimate of drug-likeness (QED) is 0.236. The fourth-order valence-electron chi connectivity index (χ4n) is 5.46. The van der Waals surface area contributed by atoms with Crippen molar-refractivity contribution in [3.8, 4) is 11.5 Å². The van der Waals surface area contributed by atoms with E-state index in [1.54, 1.807) is 14.2 Å². The molecule has 0 saturated heterocycles. The maximum atomic E-state index is 12.5. The highest BCUT2D eigenvalue weighted by atomic mass is 16.5. The zero-order valence-electron chi connectivity index (χ0n) is 24.5. The smallest absolute Gasteiger partial charge is 0.229 e. The van der Waals surface area contributed by atoms with Crippen LogP contribution in [0.15, 0.2) is 72.8 Å². The summed E-state index contributed by atoms with van der Waals surface area (Å²) in [5.41, 5.74) is 3.54. The summed E-state index contributed by atoms with van der Waals surface area (Å²) in [7, 11) is 3.20. The third-order valence-corrected chi connectivity index (χ3v) is 7.66. The number of benzene rings is 2. The van der Waals surface area contributed by atoms with E-state index in [-0.39, 0.29) is 36.5 Å². The van der Waals surface area contributed by atoms with E-state index in [0.29, 0.717) is 23.1 Å². The van der Waals surface area contributed by atoms with E-state index in [9.17, 15) is 9.59 Å². The van der Waals surface area contributed by atoms with Gasteiger partial charge in [-0.15, -0.1) is 10.2 Å². The fourth-order valence-corrected chi connectivity index (χ4v) is 5.46. The molecule has 2 unspecified atom stereocenters. The van der Waals surface area contributed by atoms with E-state index >= 15 is 0 Å². The van der Waals surface area contributed by atoms with Gasteiger partial charge in [0, 0.05) is 11.8 Å². The first-order chi connectivity index (χ1) is 21.0. The lowest BCUT2D eigenvalue weighted by molar-refractivity contribution is -0.116. The molecule has 43 heavy (non-hydrogen) atoms. The average molecular weight is 581 g/mol. The molecule has 2 atom stereocenters. The Bertz CT molecular complexity index is 1410. The minimum Gasteiger partial charge on any atom is -0.497 e. The molecule has 1 saturated carbocycles. The molecule has 1 aliphatic carbocycles. The number of methoxy groups -OCH3 is 2. The largest absolute Gasteiger partial charge is 0.497 e. The van der Waals surface area contributed by atoms with Gasteiger partial charge in [0.25, 0.3) is 0 Å². The van der Waals surface area contributed by atoms with Crippen LogP contribution in [0.3, 0.4) is 0 Å². The second kappa shape index (κ2) is 14.4. The molecule has 4 aromatic rings. The summed E-state index contributed by atoms with van der Waals surface area (Å²) < 4.78 is 10.5. The van der Waals surface area contributed by atoms with E-state index in [1.807, 2.05) is 72.8 Å². The van der Waals surface area contributed by atoms with Crippen LogP contribution in [0.2, 0.25) is 0 Å². The number of nitrogens with one attached hydrogen (secondary N) is 2. The van der Waals surface area contributed by atoms with Crippen LogP contribution in [-0.4, -0.2) is 46.4 Å². The predicted molar refractivity (Wildman–Crippen MR) is 163 cm³/mol. The number of rotatable bonds is 10. The Morgan fingerprint density at radius 2 is 1.14 bits per heavy atom. The summed E-state index contributed by atoms with van der Waals surface area (Å²) in [6.07, 6.45) is 5.53. The van der Waals surface area contributed by atoms with Crippen LogP contribution < -0.4 is 20.1 Å². The molecule has 0 aliphatic heterocycles. The molecule has 2 amide bonds. The Hall–Kier alpha value is -4.86. The lowest BCUT2D eigenvalue weighted by Crippen LogP contribution is -2.17. The van der Waals surface area contributed by atoms with Crippen molar-refractivity contribution in [1.82, 2.24) is 20.4 Å². The van der Waals surface area contributed by atoms with Crippen LogP contribution in [0.1, 0.15) is 66.5 Å². The van der Waals surface area contributed by atoms with Crippen molar-refractivity contribution in [2.45, 2.75) is 56.8 Å². The minimum absolute atomic E-state index is 0.164. The molecule has 0 radical (unpaired) electrons. The monoisotopic (exact) mass is 580 g/mol. The van der Waals surface area contributed by atoms with Crippen molar-refractivity contribution in [1.29, 1.82) is 0 Å². The summed E-state index contributed by atoms with van der Waals surface area (Å²) in [6, 6.07) is 22.4. The highest BCUT2D eigenvalue weighted by Crippen LogP contribution is 2.38. The molecule has 2 N–H and O–H groups in total. The Kier molecular flexibility index (Phi) is 9.89. The highest BCUT2D eigenvalue weighted by Gasteiger charge is 2.25. The molecule has 10 nitrogen and oxygen atoms in total. The molecular weight excluding hydrogens is 544 g/mol. The fraction of sp³-hybridized carbons (Fsp3) is 0.333. The Morgan fingerprint density at radius 3 is 1.53 bits per heavy atom. The van der Waals surface area contributed by atoms with Crippen molar-refractivity contribution in [3.05, 3.63) is 95.3 Å². The molecule has 10 heteroatoms. The van der Waals surface area contributed by atoms with E-state index in [0.717, 1.165) is 54.6 Å². The first-order valence-corrected chi connectivity index (χ1v) is 14.5. The van der Waals surface area contributed by atoms with Crippen LogP contribution in [0.5, 0.6) is 11.5 Å². The van der Waals surface area contributed by atoms with Crippen molar-refractivity contribution < 1.29 is 19.1 Å². The summed E-state index contributed by atoms with van der Waals surface area (Å²) in [6.45, 7) is 0. The number of anilines is 2. The summed E-state index contributed by atoms with van der Waals surface area (Å²) >= 11 is 0.